The summed E-state index contributed by atoms with van der Waals surface area (Å²) in [5.41, 5.74) is 1.35. The molecule has 1 atom stereocenters. The van der Waals surface area contributed by atoms with Crippen LogP contribution < -0.4 is 15.4 Å². The Kier molecular flexibility index (Phi) is 5.33. The Hall–Kier alpha value is -2.41. The highest BCUT2D eigenvalue weighted by molar-refractivity contribution is 7.15. The van der Waals surface area contributed by atoms with Gasteiger partial charge in [-0.05, 0) is 50.5 Å². The van der Waals surface area contributed by atoms with Crippen molar-refractivity contribution in [1.82, 2.24) is 10.3 Å². The molecule has 25 heavy (non-hydrogen) atoms. The molecule has 2 amide bonds. The molecule has 2 aromatic rings. The van der Waals surface area contributed by atoms with Gasteiger partial charge in [0.2, 0.25) is 5.91 Å². The summed E-state index contributed by atoms with van der Waals surface area (Å²) in [6.45, 7) is 2.51. The standard InChI is InChI=1S/C18H21N3O3S/c1-3-19-17(23)13-5-4-6-14-15(13)20-18(25-14)21-16(22)11-7-9-12(24-2)10-8-11/h7-10,13H,3-6H2,1-2H3,(H,19,23)(H,20,21,22). The Balaban J connectivity index is 1.75. The van der Waals surface area contributed by atoms with Gasteiger partial charge >= 0.3 is 0 Å². The first-order valence-electron chi connectivity index (χ1n) is 8.35. The maximum atomic E-state index is 12.4. The zero-order valence-electron chi connectivity index (χ0n) is 14.3. The number of ether oxygens (including phenoxy) is 1. The lowest BCUT2D eigenvalue weighted by atomic mass is 9.90. The molecule has 7 heteroatoms. The van der Waals surface area contributed by atoms with Gasteiger partial charge in [0.05, 0.1) is 18.7 Å². The summed E-state index contributed by atoms with van der Waals surface area (Å²) in [7, 11) is 1.58. The number of aryl methyl sites for hydroxylation is 1. The average Bonchev–Trinajstić information content (AvgIpc) is 3.04. The highest BCUT2D eigenvalue weighted by Crippen LogP contribution is 2.37. The molecule has 1 aromatic carbocycles. The number of likely N-dealkylation sites (N-methyl/N-ethyl adjacent to an activating group) is 1. The second-order valence-electron chi connectivity index (χ2n) is 5.85. The van der Waals surface area contributed by atoms with Gasteiger partial charge in [0.15, 0.2) is 5.13 Å². The van der Waals surface area contributed by atoms with Crippen molar-refractivity contribution >= 4 is 28.3 Å². The van der Waals surface area contributed by atoms with Gasteiger partial charge in [-0.25, -0.2) is 4.98 Å². The van der Waals surface area contributed by atoms with E-state index in [1.165, 1.54) is 11.3 Å². The smallest absolute Gasteiger partial charge is 0.257 e. The van der Waals surface area contributed by atoms with Crippen molar-refractivity contribution in [1.29, 1.82) is 0 Å². The molecule has 0 fully saturated rings. The number of nitrogens with one attached hydrogen (secondary N) is 2. The molecule has 1 heterocycles. The maximum absolute atomic E-state index is 12.4. The fourth-order valence-electron chi connectivity index (χ4n) is 2.94. The molecule has 0 aliphatic heterocycles. The highest BCUT2D eigenvalue weighted by atomic mass is 32.1. The second-order valence-corrected chi connectivity index (χ2v) is 6.93. The van der Waals surface area contributed by atoms with Gasteiger partial charge in [-0.3, -0.25) is 14.9 Å². The molecule has 0 saturated carbocycles. The van der Waals surface area contributed by atoms with Crippen molar-refractivity contribution in [2.45, 2.75) is 32.1 Å². The number of anilines is 1. The topological polar surface area (TPSA) is 80.3 Å². The first-order valence-corrected chi connectivity index (χ1v) is 9.16. The second kappa shape index (κ2) is 7.65. The normalized spacial score (nSPS) is 16.0. The van der Waals surface area contributed by atoms with Crippen molar-refractivity contribution in [2.75, 3.05) is 19.0 Å². The molecule has 132 valence electrons. The Bertz CT molecular complexity index is 770. The summed E-state index contributed by atoms with van der Waals surface area (Å²) in [5, 5.41) is 6.25. The van der Waals surface area contributed by atoms with Crippen LogP contribution in [0, 0.1) is 0 Å². The van der Waals surface area contributed by atoms with E-state index in [1.807, 2.05) is 6.92 Å². The minimum Gasteiger partial charge on any atom is -0.497 e. The fourth-order valence-corrected chi connectivity index (χ4v) is 4.00. The zero-order valence-corrected chi connectivity index (χ0v) is 15.1. The molecule has 1 unspecified atom stereocenters. The van der Waals surface area contributed by atoms with Crippen LogP contribution in [-0.4, -0.2) is 30.5 Å². The molecule has 1 aliphatic carbocycles. The maximum Gasteiger partial charge on any atom is 0.257 e. The summed E-state index contributed by atoms with van der Waals surface area (Å²) in [6.07, 6.45) is 2.67. The van der Waals surface area contributed by atoms with E-state index >= 15 is 0 Å². The van der Waals surface area contributed by atoms with Crippen LogP contribution in [0.15, 0.2) is 24.3 Å². The lowest BCUT2D eigenvalue weighted by Gasteiger charge is -2.19. The van der Waals surface area contributed by atoms with Crippen LogP contribution in [0.2, 0.25) is 0 Å². The number of nitrogens with zero attached hydrogens (tertiary/aromatic N) is 1. The van der Waals surface area contributed by atoms with E-state index < -0.39 is 0 Å². The third-order valence-corrected chi connectivity index (χ3v) is 5.24. The van der Waals surface area contributed by atoms with Crippen LogP contribution in [-0.2, 0) is 11.2 Å². The largest absolute Gasteiger partial charge is 0.497 e. The van der Waals surface area contributed by atoms with E-state index in [-0.39, 0.29) is 17.7 Å². The van der Waals surface area contributed by atoms with Crippen LogP contribution in [0.4, 0.5) is 5.13 Å². The summed E-state index contributed by atoms with van der Waals surface area (Å²) < 4.78 is 5.10. The SMILES string of the molecule is CCNC(=O)C1CCCc2sc(NC(=O)c3ccc(OC)cc3)nc21. The highest BCUT2D eigenvalue weighted by Gasteiger charge is 2.30. The van der Waals surface area contributed by atoms with Gasteiger partial charge < -0.3 is 10.1 Å². The number of aromatic nitrogens is 1. The lowest BCUT2D eigenvalue weighted by molar-refractivity contribution is -0.122. The molecule has 0 spiro atoms. The zero-order chi connectivity index (χ0) is 17.8. The van der Waals surface area contributed by atoms with Gasteiger partial charge in [0, 0.05) is 17.0 Å². The molecular formula is C18H21N3O3S. The lowest BCUT2D eigenvalue weighted by Crippen LogP contribution is -2.31. The Morgan fingerprint density at radius 3 is 2.76 bits per heavy atom. The number of benzene rings is 1. The number of carbonyl (C=O) groups excluding carboxylic acids is 2. The predicted octanol–water partition coefficient (Wildman–Crippen LogP) is 2.96. The van der Waals surface area contributed by atoms with Crippen LogP contribution in [0.3, 0.4) is 0 Å². The molecule has 2 N–H and O–H groups in total. The molecule has 1 aliphatic rings. The van der Waals surface area contributed by atoms with E-state index in [0.717, 1.165) is 29.8 Å². The van der Waals surface area contributed by atoms with E-state index in [1.54, 1.807) is 31.4 Å². The summed E-state index contributed by atoms with van der Waals surface area (Å²) in [4.78, 5) is 30.2. The van der Waals surface area contributed by atoms with E-state index in [9.17, 15) is 9.59 Å². The quantitative estimate of drug-likeness (QED) is 0.860. The Morgan fingerprint density at radius 2 is 2.08 bits per heavy atom. The van der Waals surface area contributed by atoms with Crippen LogP contribution in [0.25, 0.3) is 0 Å². The number of thiazole rings is 1. The van der Waals surface area contributed by atoms with Gasteiger partial charge in [0.25, 0.3) is 5.91 Å². The number of hydrogen-bond donors (Lipinski definition) is 2. The third kappa shape index (κ3) is 3.82. The number of hydrogen-bond acceptors (Lipinski definition) is 5. The number of fused-ring (bicyclic) bond motifs is 1. The predicted molar refractivity (Wildman–Crippen MR) is 97.4 cm³/mol. The van der Waals surface area contributed by atoms with E-state index in [2.05, 4.69) is 15.6 Å². The van der Waals surface area contributed by atoms with Crippen LogP contribution in [0.1, 0.15) is 46.6 Å². The third-order valence-electron chi connectivity index (χ3n) is 4.19. The van der Waals surface area contributed by atoms with Crippen molar-refractivity contribution in [3.63, 3.8) is 0 Å². The van der Waals surface area contributed by atoms with Crippen molar-refractivity contribution in [3.05, 3.63) is 40.4 Å². The van der Waals surface area contributed by atoms with Gasteiger partial charge in [-0.1, -0.05) is 0 Å². The monoisotopic (exact) mass is 359 g/mol. The van der Waals surface area contributed by atoms with Crippen LogP contribution >= 0.6 is 11.3 Å². The minimum absolute atomic E-state index is 0.0155. The van der Waals surface area contributed by atoms with Gasteiger partial charge in [-0.2, -0.15) is 0 Å². The minimum atomic E-state index is -0.219. The number of methoxy groups -OCH3 is 1. The Labute approximate surface area is 150 Å². The number of carbonyl (C=O) groups is 2. The molecular weight excluding hydrogens is 338 g/mol. The molecule has 0 radical (unpaired) electrons. The average molecular weight is 359 g/mol. The van der Waals surface area contributed by atoms with E-state index in [4.69, 9.17) is 4.74 Å². The molecule has 0 saturated heterocycles. The number of amides is 2. The Morgan fingerprint density at radius 1 is 1.32 bits per heavy atom. The van der Waals surface area contributed by atoms with Crippen molar-refractivity contribution in [3.8, 4) is 5.75 Å². The molecule has 1 aromatic heterocycles. The summed E-state index contributed by atoms with van der Waals surface area (Å²) in [5.74, 6) is 0.280. The number of rotatable bonds is 5. The molecule has 0 bridgehead atoms. The molecule has 6 nitrogen and oxygen atoms in total. The molecule has 3 rings (SSSR count). The van der Waals surface area contributed by atoms with Crippen molar-refractivity contribution < 1.29 is 14.3 Å². The van der Waals surface area contributed by atoms with Crippen LogP contribution in [0.5, 0.6) is 5.75 Å². The summed E-state index contributed by atoms with van der Waals surface area (Å²) in [6, 6.07) is 6.90. The van der Waals surface area contributed by atoms with Gasteiger partial charge in [-0.15, -0.1) is 11.3 Å². The van der Waals surface area contributed by atoms with E-state index in [0.29, 0.717) is 23.0 Å². The summed E-state index contributed by atoms with van der Waals surface area (Å²) >= 11 is 1.46. The first kappa shape index (κ1) is 17.4. The van der Waals surface area contributed by atoms with Gasteiger partial charge in [0.1, 0.15) is 5.75 Å². The first-order chi connectivity index (χ1) is 12.1. The fraction of sp³-hybridized carbons (Fsp3) is 0.389. The van der Waals surface area contributed by atoms with Crippen molar-refractivity contribution in [2.24, 2.45) is 0 Å².